The van der Waals surface area contributed by atoms with Gasteiger partial charge in [0, 0.05) is 26.1 Å². The molecule has 3 heterocycles. The van der Waals surface area contributed by atoms with E-state index in [9.17, 15) is 4.79 Å². The van der Waals surface area contributed by atoms with Crippen molar-refractivity contribution in [2.75, 3.05) is 11.4 Å². The molecule has 1 fully saturated rings. The van der Waals surface area contributed by atoms with Crippen molar-refractivity contribution in [2.45, 2.75) is 38.6 Å². The summed E-state index contributed by atoms with van der Waals surface area (Å²) in [7, 11) is 1.91. The first-order chi connectivity index (χ1) is 9.56. The lowest BCUT2D eigenvalue weighted by Crippen LogP contribution is -2.41. The van der Waals surface area contributed by atoms with Gasteiger partial charge < -0.3 is 10.6 Å². The highest BCUT2D eigenvalue weighted by Gasteiger charge is 2.27. The number of aryl methyl sites for hydroxylation is 2. The largest absolute Gasteiger partial charge is 0.370 e. The number of primary amides is 1. The minimum absolute atomic E-state index is 0.190. The van der Waals surface area contributed by atoms with Crippen LogP contribution in [0.15, 0.2) is 0 Å². The van der Waals surface area contributed by atoms with Crippen LogP contribution in [0.3, 0.4) is 0 Å². The summed E-state index contributed by atoms with van der Waals surface area (Å²) in [6, 6.07) is 0.190. The molecule has 2 aromatic rings. The predicted molar refractivity (Wildman–Crippen MR) is 79.9 cm³/mol. The molecular formula is C13H19N5OS. The minimum Gasteiger partial charge on any atom is -0.370 e. The number of aromatic nitrogens is 3. The molecule has 1 aliphatic heterocycles. The first-order valence-electron chi connectivity index (χ1n) is 6.91. The van der Waals surface area contributed by atoms with Crippen molar-refractivity contribution in [3.63, 3.8) is 0 Å². The lowest BCUT2D eigenvalue weighted by atomic mass is 10.00. The zero-order valence-corrected chi connectivity index (χ0v) is 12.6. The molecule has 0 saturated carbocycles. The molecule has 6 nitrogen and oxygen atoms in total. The Morgan fingerprint density at radius 2 is 2.30 bits per heavy atom. The lowest BCUT2D eigenvalue weighted by Gasteiger charge is -2.34. The number of amides is 1. The highest BCUT2D eigenvalue weighted by atomic mass is 32.1. The Bertz CT molecular complexity index is 612. The third-order valence-corrected chi connectivity index (χ3v) is 5.03. The Labute approximate surface area is 121 Å². The molecule has 1 unspecified atom stereocenters. The van der Waals surface area contributed by atoms with E-state index in [1.54, 1.807) is 11.3 Å². The maximum atomic E-state index is 11.2. The Morgan fingerprint density at radius 1 is 1.50 bits per heavy atom. The lowest BCUT2D eigenvalue weighted by molar-refractivity contribution is -0.118. The molecule has 1 amide bonds. The number of fused-ring (bicyclic) bond motifs is 1. The van der Waals surface area contributed by atoms with Crippen LogP contribution in [0.2, 0.25) is 0 Å². The fraction of sp³-hybridized carbons (Fsp3) is 0.615. The summed E-state index contributed by atoms with van der Waals surface area (Å²) < 4.78 is 2.95. The quantitative estimate of drug-likeness (QED) is 0.932. The molecule has 0 radical (unpaired) electrons. The molecule has 0 bridgehead atoms. The van der Waals surface area contributed by atoms with E-state index in [1.165, 1.54) is 0 Å². The minimum atomic E-state index is -0.235. The van der Waals surface area contributed by atoms with E-state index in [0.29, 0.717) is 6.42 Å². The third-order valence-electron chi connectivity index (χ3n) is 3.84. The second-order valence-electron chi connectivity index (χ2n) is 5.37. The number of nitrogens with zero attached hydrogens (tertiary/aromatic N) is 4. The number of carbonyl (C=O) groups excluding carboxylic acids is 1. The van der Waals surface area contributed by atoms with Gasteiger partial charge >= 0.3 is 0 Å². The smallest absolute Gasteiger partial charge is 0.219 e. The van der Waals surface area contributed by atoms with Crippen LogP contribution in [0, 0.1) is 6.92 Å². The molecule has 1 atom stereocenters. The van der Waals surface area contributed by atoms with Crippen LogP contribution in [0.25, 0.3) is 10.3 Å². The molecule has 0 spiro atoms. The molecule has 0 aromatic carbocycles. The maximum absolute atomic E-state index is 11.2. The van der Waals surface area contributed by atoms with Crippen molar-refractivity contribution < 1.29 is 4.79 Å². The molecular weight excluding hydrogens is 274 g/mol. The number of nitrogens with two attached hydrogens (primary N) is 1. The maximum Gasteiger partial charge on any atom is 0.219 e. The summed E-state index contributed by atoms with van der Waals surface area (Å²) >= 11 is 1.66. The van der Waals surface area contributed by atoms with Gasteiger partial charge in [-0.25, -0.2) is 9.67 Å². The molecule has 1 aliphatic rings. The Balaban J connectivity index is 1.94. The normalized spacial score (nSPS) is 19.7. The van der Waals surface area contributed by atoms with Crippen LogP contribution in [-0.4, -0.2) is 33.3 Å². The van der Waals surface area contributed by atoms with Gasteiger partial charge in [0.25, 0.3) is 0 Å². The summed E-state index contributed by atoms with van der Waals surface area (Å²) in [4.78, 5) is 18.2. The van der Waals surface area contributed by atoms with Gasteiger partial charge in [-0.3, -0.25) is 4.79 Å². The summed E-state index contributed by atoms with van der Waals surface area (Å²) in [5.41, 5.74) is 7.30. The number of hydrogen-bond donors (Lipinski definition) is 1. The van der Waals surface area contributed by atoms with Crippen LogP contribution in [0.1, 0.15) is 31.4 Å². The second kappa shape index (κ2) is 5.05. The number of piperidine rings is 1. The summed E-state index contributed by atoms with van der Waals surface area (Å²) in [6.07, 6.45) is 3.71. The first-order valence-corrected chi connectivity index (χ1v) is 7.73. The van der Waals surface area contributed by atoms with Gasteiger partial charge in [0.1, 0.15) is 0 Å². The van der Waals surface area contributed by atoms with Gasteiger partial charge in [-0.2, -0.15) is 5.10 Å². The van der Waals surface area contributed by atoms with Crippen molar-refractivity contribution in [1.29, 1.82) is 0 Å². The van der Waals surface area contributed by atoms with Gasteiger partial charge in [0.15, 0.2) is 10.8 Å². The number of thiazole rings is 1. The standard InChI is InChI=1S/C13H19N5OS/c1-8-11-12(17(2)16-8)15-13(20-11)18-6-4-3-5-9(18)7-10(14)19/h9H,3-7H2,1-2H3,(H2,14,19). The van der Waals surface area contributed by atoms with E-state index in [0.717, 1.165) is 47.0 Å². The van der Waals surface area contributed by atoms with Crippen LogP contribution in [0.4, 0.5) is 5.13 Å². The zero-order valence-electron chi connectivity index (χ0n) is 11.8. The van der Waals surface area contributed by atoms with Crippen LogP contribution < -0.4 is 10.6 Å². The molecule has 20 heavy (non-hydrogen) atoms. The van der Waals surface area contributed by atoms with E-state index in [1.807, 2.05) is 18.7 Å². The summed E-state index contributed by atoms with van der Waals surface area (Å²) in [6.45, 7) is 2.95. The van der Waals surface area contributed by atoms with Crippen LogP contribution in [0.5, 0.6) is 0 Å². The average Bonchev–Trinajstić information content (AvgIpc) is 2.92. The number of hydrogen-bond acceptors (Lipinski definition) is 5. The van der Waals surface area contributed by atoms with E-state index < -0.39 is 0 Å². The summed E-state index contributed by atoms with van der Waals surface area (Å²) in [5, 5.41) is 5.36. The van der Waals surface area contributed by atoms with E-state index in [-0.39, 0.29) is 11.9 Å². The van der Waals surface area contributed by atoms with Crippen LogP contribution >= 0.6 is 11.3 Å². The highest BCUT2D eigenvalue weighted by Crippen LogP contribution is 2.34. The van der Waals surface area contributed by atoms with Gasteiger partial charge in [0.2, 0.25) is 5.91 Å². The van der Waals surface area contributed by atoms with E-state index >= 15 is 0 Å². The molecule has 7 heteroatoms. The third kappa shape index (κ3) is 2.26. The monoisotopic (exact) mass is 293 g/mol. The van der Waals surface area contributed by atoms with Gasteiger partial charge in [-0.1, -0.05) is 11.3 Å². The first kappa shape index (κ1) is 13.4. The van der Waals surface area contributed by atoms with Crippen LogP contribution in [-0.2, 0) is 11.8 Å². The van der Waals surface area contributed by atoms with Crippen molar-refractivity contribution in [3.8, 4) is 0 Å². The SMILES string of the molecule is Cc1nn(C)c2nc(N3CCCCC3CC(N)=O)sc12. The number of anilines is 1. The fourth-order valence-corrected chi connectivity index (χ4v) is 4.02. The number of carbonyl (C=O) groups is 1. The van der Waals surface area contributed by atoms with Crippen molar-refractivity contribution in [2.24, 2.45) is 12.8 Å². The molecule has 0 aliphatic carbocycles. The van der Waals surface area contributed by atoms with E-state index in [2.05, 4.69) is 10.00 Å². The molecule has 2 N–H and O–H groups in total. The van der Waals surface area contributed by atoms with Gasteiger partial charge in [-0.05, 0) is 26.2 Å². The molecule has 2 aromatic heterocycles. The van der Waals surface area contributed by atoms with Gasteiger partial charge in [-0.15, -0.1) is 0 Å². The topological polar surface area (TPSA) is 77.0 Å². The fourth-order valence-electron chi connectivity index (χ4n) is 2.89. The van der Waals surface area contributed by atoms with Gasteiger partial charge in [0.05, 0.1) is 10.4 Å². The molecule has 3 rings (SSSR count). The van der Waals surface area contributed by atoms with Crippen molar-refractivity contribution in [1.82, 2.24) is 14.8 Å². The second-order valence-corrected chi connectivity index (χ2v) is 6.35. The zero-order chi connectivity index (χ0) is 14.3. The molecule has 1 saturated heterocycles. The highest BCUT2D eigenvalue weighted by molar-refractivity contribution is 7.22. The Hall–Kier alpha value is -1.63. The Kier molecular flexibility index (Phi) is 3.37. The van der Waals surface area contributed by atoms with Crippen molar-refractivity contribution in [3.05, 3.63) is 5.69 Å². The molecule has 108 valence electrons. The number of rotatable bonds is 3. The average molecular weight is 293 g/mol. The van der Waals surface area contributed by atoms with E-state index in [4.69, 9.17) is 10.7 Å². The predicted octanol–water partition coefficient (Wildman–Crippen LogP) is 1.57. The van der Waals surface area contributed by atoms with Crippen molar-refractivity contribution >= 4 is 32.7 Å². The Morgan fingerprint density at radius 3 is 3.00 bits per heavy atom. The summed E-state index contributed by atoms with van der Waals surface area (Å²) in [5.74, 6) is -0.235.